The minimum Gasteiger partial charge on any atom is -0.452 e. The number of methoxy groups -OCH3 is 1. The lowest BCUT2D eigenvalue weighted by molar-refractivity contribution is -0.157. The van der Waals surface area contributed by atoms with Crippen LogP contribution < -0.4 is 5.32 Å². The largest absolute Gasteiger partial charge is 0.452 e. The Morgan fingerprint density at radius 3 is 2.47 bits per heavy atom. The number of nitrogens with one attached hydrogen (secondary N) is 1. The smallest absolute Gasteiger partial charge is 0.415 e. The second-order valence-electron chi connectivity index (χ2n) is 7.91. The number of hydrogen-bond acceptors (Lipinski definition) is 6. The zero-order chi connectivity index (χ0) is 24.3. The molecule has 1 aromatic carbocycles. The SMILES string of the molecule is COC(=O)N(C)C(=O)CCCNC(=O)N(O)C(=O)[C@H](CCC(C)C)Cc1cccc(Br)c1. The molecule has 1 atom stereocenters. The van der Waals surface area contributed by atoms with Crippen molar-refractivity contribution in [1.29, 1.82) is 0 Å². The molecule has 1 aromatic rings. The van der Waals surface area contributed by atoms with Crippen LogP contribution in [0.5, 0.6) is 0 Å². The Morgan fingerprint density at radius 1 is 1.19 bits per heavy atom. The number of rotatable bonds is 10. The number of benzene rings is 1. The van der Waals surface area contributed by atoms with Gasteiger partial charge in [-0.3, -0.25) is 19.7 Å². The number of carbonyl (C=O) groups excluding carboxylic acids is 4. The zero-order valence-electron chi connectivity index (χ0n) is 19.0. The molecular formula is C22H32BrN3O6. The maximum Gasteiger partial charge on any atom is 0.415 e. The van der Waals surface area contributed by atoms with Gasteiger partial charge in [-0.15, -0.1) is 5.06 Å². The van der Waals surface area contributed by atoms with Gasteiger partial charge in [0.05, 0.1) is 7.11 Å². The third-order valence-electron chi connectivity index (χ3n) is 4.88. The fourth-order valence-electron chi connectivity index (χ4n) is 2.99. The molecule has 0 bridgehead atoms. The van der Waals surface area contributed by atoms with E-state index in [2.05, 4.69) is 26.0 Å². The normalized spacial score (nSPS) is 11.6. The first-order valence-electron chi connectivity index (χ1n) is 10.5. The molecule has 0 aliphatic heterocycles. The van der Waals surface area contributed by atoms with Crippen molar-refractivity contribution >= 4 is 39.9 Å². The highest BCUT2D eigenvalue weighted by Gasteiger charge is 2.28. The van der Waals surface area contributed by atoms with E-state index in [4.69, 9.17) is 0 Å². The molecule has 2 N–H and O–H groups in total. The van der Waals surface area contributed by atoms with Crippen LogP contribution in [0.4, 0.5) is 9.59 Å². The molecule has 0 radical (unpaired) electrons. The van der Waals surface area contributed by atoms with Crippen LogP contribution >= 0.6 is 15.9 Å². The highest BCUT2D eigenvalue weighted by atomic mass is 79.9. The van der Waals surface area contributed by atoms with Crippen LogP contribution in [0.25, 0.3) is 0 Å². The van der Waals surface area contributed by atoms with Gasteiger partial charge in [0.1, 0.15) is 0 Å². The number of hydrogen-bond donors (Lipinski definition) is 2. The summed E-state index contributed by atoms with van der Waals surface area (Å²) in [6.45, 7) is 4.14. The Kier molecular flexibility index (Phi) is 11.9. The second kappa shape index (κ2) is 13.8. The summed E-state index contributed by atoms with van der Waals surface area (Å²) < 4.78 is 5.34. The fraction of sp³-hybridized carbons (Fsp3) is 0.545. The third-order valence-corrected chi connectivity index (χ3v) is 5.37. The predicted octanol–water partition coefficient (Wildman–Crippen LogP) is 3.98. The maximum atomic E-state index is 12.8. The number of nitrogens with zero attached hydrogens (tertiary/aromatic N) is 2. The van der Waals surface area contributed by atoms with E-state index >= 15 is 0 Å². The number of amides is 5. The molecule has 0 unspecified atom stereocenters. The van der Waals surface area contributed by atoms with Crippen molar-refractivity contribution in [2.75, 3.05) is 20.7 Å². The van der Waals surface area contributed by atoms with E-state index in [-0.39, 0.29) is 24.4 Å². The molecule has 0 saturated heterocycles. The number of halogens is 1. The number of imide groups is 2. The summed E-state index contributed by atoms with van der Waals surface area (Å²) >= 11 is 3.41. The van der Waals surface area contributed by atoms with E-state index in [1.807, 2.05) is 38.1 Å². The molecule has 32 heavy (non-hydrogen) atoms. The van der Waals surface area contributed by atoms with E-state index in [0.717, 1.165) is 21.4 Å². The van der Waals surface area contributed by atoms with Crippen molar-refractivity contribution in [2.24, 2.45) is 11.8 Å². The molecule has 0 aromatic heterocycles. The monoisotopic (exact) mass is 513 g/mol. The summed E-state index contributed by atoms with van der Waals surface area (Å²) in [7, 11) is 2.47. The summed E-state index contributed by atoms with van der Waals surface area (Å²) in [5.41, 5.74) is 0.920. The van der Waals surface area contributed by atoms with E-state index in [0.29, 0.717) is 18.8 Å². The number of hydroxylamine groups is 2. The van der Waals surface area contributed by atoms with Gasteiger partial charge < -0.3 is 10.1 Å². The lowest BCUT2D eigenvalue weighted by Crippen LogP contribution is -2.45. The molecule has 9 nitrogen and oxygen atoms in total. The van der Waals surface area contributed by atoms with Crippen LogP contribution in [0, 0.1) is 11.8 Å². The van der Waals surface area contributed by atoms with E-state index in [9.17, 15) is 24.4 Å². The molecule has 0 saturated carbocycles. The molecule has 0 aliphatic carbocycles. The van der Waals surface area contributed by atoms with Crippen LogP contribution in [-0.4, -0.2) is 59.8 Å². The summed E-state index contributed by atoms with van der Waals surface area (Å²) in [4.78, 5) is 49.0. The van der Waals surface area contributed by atoms with E-state index in [1.165, 1.54) is 14.2 Å². The standard InChI is InChI=1S/C22H32BrN3O6/c1-15(2)10-11-17(13-16-7-5-8-18(23)14-16)20(28)26(31)21(29)24-12-6-9-19(27)25(3)22(30)32-4/h5,7-8,14-15,17,31H,6,9-13H2,1-4H3,(H,24,29)/t17-/m1/s1. The summed E-state index contributed by atoms with van der Waals surface area (Å²) in [6, 6.07) is 6.59. The predicted molar refractivity (Wildman–Crippen MR) is 122 cm³/mol. The summed E-state index contributed by atoms with van der Waals surface area (Å²) in [5, 5.41) is 12.7. The van der Waals surface area contributed by atoms with Gasteiger partial charge in [0.2, 0.25) is 5.91 Å². The van der Waals surface area contributed by atoms with Crippen molar-refractivity contribution in [3.8, 4) is 0 Å². The molecule has 0 fully saturated rings. The Morgan fingerprint density at radius 2 is 1.88 bits per heavy atom. The van der Waals surface area contributed by atoms with Crippen molar-refractivity contribution < 1.29 is 29.1 Å². The fourth-order valence-corrected chi connectivity index (χ4v) is 3.43. The van der Waals surface area contributed by atoms with Crippen molar-refractivity contribution in [3.63, 3.8) is 0 Å². The average Bonchev–Trinajstić information content (AvgIpc) is 2.76. The molecule has 0 heterocycles. The van der Waals surface area contributed by atoms with E-state index < -0.39 is 29.9 Å². The molecule has 178 valence electrons. The Bertz CT molecular complexity index is 802. The van der Waals surface area contributed by atoms with Crippen LogP contribution in [0.1, 0.15) is 45.1 Å². The van der Waals surface area contributed by atoms with Gasteiger partial charge in [0, 0.05) is 30.4 Å². The molecule has 0 spiro atoms. The van der Waals surface area contributed by atoms with Gasteiger partial charge in [-0.25, -0.2) is 9.59 Å². The maximum absolute atomic E-state index is 12.8. The first kappa shape index (κ1) is 27.6. The lowest BCUT2D eigenvalue weighted by atomic mass is 9.91. The first-order valence-corrected chi connectivity index (χ1v) is 11.3. The second-order valence-corrected chi connectivity index (χ2v) is 8.83. The zero-order valence-corrected chi connectivity index (χ0v) is 20.6. The number of urea groups is 1. The van der Waals surface area contributed by atoms with Crippen LogP contribution in [0.3, 0.4) is 0 Å². The highest BCUT2D eigenvalue weighted by Crippen LogP contribution is 2.21. The average molecular weight is 514 g/mol. The molecule has 10 heteroatoms. The van der Waals surface area contributed by atoms with Crippen LogP contribution in [0.2, 0.25) is 0 Å². The minimum absolute atomic E-state index is 0.00878. The number of ether oxygens (including phenoxy) is 1. The van der Waals surface area contributed by atoms with Gasteiger partial charge in [-0.2, -0.15) is 0 Å². The Hall–Kier alpha value is -2.46. The van der Waals surface area contributed by atoms with Gasteiger partial charge in [-0.05, 0) is 42.9 Å². The topological polar surface area (TPSA) is 116 Å². The summed E-state index contributed by atoms with van der Waals surface area (Å²) in [5.74, 6) is -1.33. The van der Waals surface area contributed by atoms with Crippen LogP contribution in [-0.2, 0) is 20.7 Å². The van der Waals surface area contributed by atoms with Crippen LogP contribution in [0.15, 0.2) is 28.7 Å². The number of carbonyl (C=O) groups is 4. The van der Waals surface area contributed by atoms with Gasteiger partial charge in [0.25, 0.3) is 5.91 Å². The minimum atomic E-state index is -0.951. The first-order chi connectivity index (χ1) is 15.1. The summed E-state index contributed by atoms with van der Waals surface area (Å²) in [6.07, 6.45) is 1.14. The molecule has 1 rings (SSSR count). The van der Waals surface area contributed by atoms with Gasteiger partial charge in [0.15, 0.2) is 0 Å². The van der Waals surface area contributed by atoms with E-state index in [1.54, 1.807) is 0 Å². The highest BCUT2D eigenvalue weighted by molar-refractivity contribution is 9.10. The quantitative estimate of drug-likeness (QED) is 0.277. The Labute approximate surface area is 197 Å². The van der Waals surface area contributed by atoms with Crippen molar-refractivity contribution in [1.82, 2.24) is 15.3 Å². The molecule has 5 amide bonds. The molecular weight excluding hydrogens is 482 g/mol. The third kappa shape index (κ3) is 9.35. The lowest BCUT2D eigenvalue weighted by Gasteiger charge is -2.22. The van der Waals surface area contributed by atoms with Gasteiger partial charge in [-0.1, -0.05) is 48.3 Å². The van der Waals surface area contributed by atoms with Crippen molar-refractivity contribution in [3.05, 3.63) is 34.3 Å². The van der Waals surface area contributed by atoms with Crippen molar-refractivity contribution in [2.45, 2.75) is 46.0 Å². The Balaban J connectivity index is 2.63. The molecule has 0 aliphatic rings. The van der Waals surface area contributed by atoms with Gasteiger partial charge >= 0.3 is 12.1 Å².